The van der Waals surface area contributed by atoms with Gasteiger partial charge < -0.3 is 14.0 Å². The van der Waals surface area contributed by atoms with Crippen LogP contribution < -0.4 is 4.74 Å². The predicted octanol–water partition coefficient (Wildman–Crippen LogP) is 3.52. The summed E-state index contributed by atoms with van der Waals surface area (Å²) in [5.74, 6) is 2.54. The molecule has 2 heterocycles. The van der Waals surface area contributed by atoms with Crippen molar-refractivity contribution in [3.05, 3.63) is 29.9 Å². The minimum absolute atomic E-state index is 0.318. The van der Waals surface area contributed by atoms with Crippen LogP contribution in [0.15, 0.2) is 24.2 Å². The first kappa shape index (κ1) is 16.1. The molecular weight excluding hydrogens is 265 g/mol. The summed E-state index contributed by atoms with van der Waals surface area (Å²) in [7, 11) is -0.350. The van der Waals surface area contributed by atoms with E-state index in [4.69, 9.17) is 14.0 Å². The molecule has 1 aromatic rings. The molecule has 0 atom stereocenters. The van der Waals surface area contributed by atoms with Gasteiger partial charge in [0.05, 0.1) is 23.5 Å². The number of rotatable bonds is 5. The summed E-state index contributed by atoms with van der Waals surface area (Å²) in [6.07, 6.45) is 2.87. The van der Waals surface area contributed by atoms with Gasteiger partial charge in [-0.2, -0.15) is 0 Å². The molecule has 0 aromatic carbocycles. The molecule has 1 aliphatic rings. The lowest BCUT2D eigenvalue weighted by atomic mass is 9.89. The fraction of sp³-hybridized carbons (Fsp3) is 0.562. The molecule has 0 spiro atoms. The molecule has 4 nitrogen and oxygen atoms in total. The molecule has 0 radical (unpaired) electrons. The maximum Gasteiger partial charge on any atom is 0.487 e. The number of nitrogens with zero attached hydrogens (tertiary/aromatic N) is 1. The lowest BCUT2D eigenvalue weighted by molar-refractivity contribution is 0.00578. The average Bonchev–Trinajstić information content (AvgIpc) is 2.63. The molecule has 114 valence electrons. The van der Waals surface area contributed by atoms with Gasteiger partial charge >= 0.3 is 7.12 Å². The first-order chi connectivity index (χ1) is 9.84. The number of hydrogen-bond acceptors (Lipinski definition) is 4. The van der Waals surface area contributed by atoms with Gasteiger partial charge in [0.15, 0.2) is 0 Å². The van der Waals surface area contributed by atoms with E-state index in [9.17, 15) is 0 Å². The van der Waals surface area contributed by atoms with Gasteiger partial charge in [-0.1, -0.05) is 19.0 Å². The van der Waals surface area contributed by atoms with Crippen molar-refractivity contribution in [1.29, 1.82) is 0 Å². The Labute approximate surface area is 127 Å². The van der Waals surface area contributed by atoms with E-state index in [0.29, 0.717) is 12.5 Å². The van der Waals surface area contributed by atoms with E-state index >= 15 is 0 Å². The zero-order valence-electron chi connectivity index (χ0n) is 13.6. The third-order valence-electron chi connectivity index (χ3n) is 3.89. The van der Waals surface area contributed by atoms with Gasteiger partial charge in [-0.3, -0.25) is 0 Å². The van der Waals surface area contributed by atoms with Crippen molar-refractivity contribution in [2.75, 3.05) is 6.61 Å². The van der Waals surface area contributed by atoms with Crippen molar-refractivity contribution < 1.29 is 14.0 Å². The minimum Gasteiger partial charge on any atom is -0.478 e. The predicted molar refractivity (Wildman–Crippen MR) is 85.1 cm³/mol. The van der Waals surface area contributed by atoms with Crippen molar-refractivity contribution in [3.8, 4) is 5.88 Å². The zero-order valence-corrected chi connectivity index (χ0v) is 13.6. The van der Waals surface area contributed by atoms with Gasteiger partial charge in [0, 0.05) is 6.07 Å². The summed E-state index contributed by atoms with van der Waals surface area (Å²) < 4.78 is 17.4. The zero-order chi connectivity index (χ0) is 15.5. The lowest BCUT2D eigenvalue weighted by Crippen LogP contribution is -2.41. The van der Waals surface area contributed by atoms with Crippen molar-refractivity contribution in [3.63, 3.8) is 0 Å². The molecule has 5 heteroatoms. The Kier molecular flexibility index (Phi) is 4.74. The maximum atomic E-state index is 5.91. The first-order valence-corrected chi connectivity index (χ1v) is 7.48. The van der Waals surface area contributed by atoms with Crippen molar-refractivity contribution in [2.24, 2.45) is 0 Å². The smallest absolute Gasteiger partial charge is 0.478 e. The molecule has 2 rings (SSSR count). The summed E-state index contributed by atoms with van der Waals surface area (Å²) in [5.41, 5.74) is 0.196. The van der Waals surface area contributed by atoms with Gasteiger partial charge in [0.2, 0.25) is 5.88 Å². The molecule has 0 N–H and O–H groups in total. The van der Waals surface area contributed by atoms with Crippen molar-refractivity contribution in [2.45, 2.75) is 52.2 Å². The fourth-order valence-electron chi connectivity index (χ4n) is 1.95. The lowest BCUT2D eigenvalue weighted by Gasteiger charge is -2.32. The average molecular weight is 289 g/mol. The molecule has 1 aliphatic heterocycles. The van der Waals surface area contributed by atoms with Crippen molar-refractivity contribution >= 4 is 13.2 Å². The van der Waals surface area contributed by atoms with Crippen molar-refractivity contribution in [1.82, 2.24) is 4.98 Å². The van der Waals surface area contributed by atoms with Crippen LogP contribution in [-0.2, 0) is 9.31 Å². The molecule has 0 bridgehead atoms. The van der Waals surface area contributed by atoms with E-state index < -0.39 is 0 Å². The van der Waals surface area contributed by atoms with E-state index in [-0.39, 0.29) is 18.3 Å². The highest BCUT2D eigenvalue weighted by Gasteiger charge is 2.49. The Morgan fingerprint density at radius 1 is 1.19 bits per heavy atom. The van der Waals surface area contributed by atoms with Gasteiger partial charge in [-0.25, -0.2) is 4.98 Å². The van der Waals surface area contributed by atoms with Crippen LogP contribution in [0.5, 0.6) is 5.88 Å². The topological polar surface area (TPSA) is 40.6 Å². The van der Waals surface area contributed by atoms with Crippen LogP contribution >= 0.6 is 0 Å². The van der Waals surface area contributed by atoms with Gasteiger partial charge in [0.1, 0.15) is 0 Å². The van der Waals surface area contributed by atoms with Crippen LogP contribution in [0, 0.1) is 0 Å². The summed E-state index contributed by atoms with van der Waals surface area (Å²) in [6.45, 7) is 10.9. The summed E-state index contributed by atoms with van der Waals surface area (Å²) in [5, 5.41) is 0. The number of ether oxygens (including phenoxy) is 1. The van der Waals surface area contributed by atoms with Crippen LogP contribution in [0.1, 0.15) is 46.7 Å². The Balaban J connectivity index is 2.02. The largest absolute Gasteiger partial charge is 0.487 e. The Morgan fingerprint density at radius 3 is 2.48 bits per heavy atom. The van der Waals surface area contributed by atoms with Gasteiger partial charge in [0.25, 0.3) is 0 Å². The third-order valence-corrected chi connectivity index (χ3v) is 3.89. The Hall–Kier alpha value is -1.33. The second kappa shape index (κ2) is 6.20. The highest BCUT2D eigenvalue weighted by atomic mass is 16.7. The number of hydrogen-bond donors (Lipinski definition) is 0. The van der Waals surface area contributed by atoms with E-state index in [1.807, 2.05) is 57.9 Å². The highest BCUT2D eigenvalue weighted by Crippen LogP contribution is 2.36. The fourth-order valence-corrected chi connectivity index (χ4v) is 1.95. The van der Waals surface area contributed by atoms with Crippen LogP contribution in [-0.4, -0.2) is 29.9 Å². The Bertz CT molecular complexity index is 498. The van der Waals surface area contributed by atoms with Crippen LogP contribution in [0.2, 0.25) is 0 Å². The SMILES string of the molecule is CCCOc1cccc(/C=C/B2OC(C)(C)C(C)(C)O2)n1. The summed E-state index contributed by atoms with van der Waals surface area (Å²) >= 11 is 0. The molecule has 0 unspecified atom stereocenters. The van der Waals surface area contributed by atoms with E-state index in [0.717, 1.165) is 12.1 Å². The van der Waals surface area contributed by atoms with Gasteiger partial charge in [-0.15, -0.1) is 0 Å². The monoisotopic (exact) mass is 289 g/mol. The quantitative estimate of drug-likeness (QED) is 0.778. The molecule has 1 fully saturated rings. The standard InChI is InChI=1S/C16H24BNO3/c1-6-12-19-14-9-7-8-13(18-14)10-11-17-20-15(2,3)16(4,5)21-17/h7-11H,6,12H2,1-5H3/b11-10+. The van der Waals surface area contributed by atoms with E-state index in [2.05, 4.69) is 11.9 Å². The molecule has 0 aliphatic carbocycles. The third kappa shape index (κ3) is 3.86. The van der Waals surface area contributed by atoms with E-state index in [1.165, 1.54) is 0 Å². The second-order valence-electron chi connectivity index (χ2n) is 6.23. The van der Waals surface area contributed by atoms with Crippen LogP contribution in [0.25, 0.3) is 6.08 Å². The number of pyridine rings is 1. The first-order valence-electron chi connectivity index (χ1n) is 7.48. The molecule has 1 aromatic heterocycles. The second-order valence-corrected chi connectivity index (χ2v) is 6.23. The molecule has 0 amide bonds. The Morgan fingerprint density at radius 2 is 1.86 bits per heavy atom. The molecular formula is C16H24BNO3. The molecule has 1 saturated heterocycles. The molecule has 0 saturated carbocycles. The highest BCUT2D eigenvalue weighted by molar-refractivity contribution is 6.52. The maximum absolute atomic E-state index is 5.91. The van der Waals surface area contributed by atoms with Crippen LogP contribution in [0.4, 0.5) is 0 Å². The summed E-state index contributed by atoms with van der Waals surface area (Å²) in [4.78, 5) is 4.42. The number of aromatic nitrogens is 1. The van der Waals surface area contributed by atoms with E-state index in [1.54, 1.807) is 0 Å². The van der Waals surface area contributed by atoms with Gasteiger partial charge in [-0.05, 0) is 46.3 Å². The van der Waals surface area contributed by atoms with Crippen LogP contribution in [0.3, 0.4) is 0 Å². The summed E-state index contributed by atoms with van der Waals surface area (Å²) in [6, 6.07) is 5.73. The normalized spacial score (nSPS) is 20.1. The molecule has 21 heavy (non-hydrogen) atoms. The minimum atomic E-state index is -0.350.